The first-order valence-corrected chi connectivity index (χ1v) is 10.4. The lowest BCUT2D eigenvalue weighted by Gasteiger charge is -2.16. The molecule has 0 atom stereocenters. The van der Waals surface area contributed by atoms with Crippen LogP contribution in [0.1, 0.15) is 30.9 Å². The lowest BCUT2D eigenvalue weighted by atomic mass is 10.2. The average Bonchev–Trinajstić information content (AvgIpc) is 3.16. The summed E-state index contributed by atoms with van der Waals surface area (Å²) in [5.41, 5.74) is 1.85. The number of carbonyl (C=O) groups is 1. The van der Waals surface area contributed by atoms with Gasteiger partial charge >= 0.3 is 0 Å². The zero-order valence-corrected chi connectivity index (χ0v) is 16.3. The molecule has 144 valence electrons. The SMILES string of the molecule is CC(=O)Nc1ccc(C)c(S(=O)(=O)NCc2ccc(N3CCCC3)nc2)c1. The van der Waals surface area contributed by atoms with E-state index in [0.717, 1.165) is 24.5 Å². The van der Waals surface area contributed by atoms with E-state index in [0.29, 0.717) is 11.3 Å². The highest BCUT2D eigenvalue weighted by molar-refractivity contribution is 7.89. The monoisotopic (exact) mass is 388 g/mol. The van der Waals surface area contributed by atoms with Crippen molar-refractivity contribution in [1.29, 1.82) is 0 Å². The van der Waals surface area contributed by atoms with Crippen LogP contribution in [-0.2, 0) is 21.4 Å². The van der Waals surface area contributed by atoms with E-state index in [4.69, 9.17) is 0 Å². The molecule has 0 bridgehead atoms. The Kier molecular flexibility index (Phi) is 5.76. The lowest BCUT2D eigenvalue weighted by molar-refractivity contribution is -0.114. The van der Waals surface area contributed by atoms with Crippen LogP contribution in [0.4, 0.5) is 11.5 Å². The molecule has 7 nitrogen and oxygen atoms in total. The quantitative estimate of drug-likeness (QED) is 0.793. The molecule has 1 fully saturated rings. The molecule has 0 aliphatic carbocycles. The molecular formula is C19H24N4O3S. The summed E-state index contributed by atoms with van der Waals surface area (Å²) < 4.78 is 28.0. The zero-order valence-electron chi connectivity index (χ0n) is 15.5. The third kappa shape index (κ3) is 4.84. The fourth-order valence-electron chi connectivity index (χ4n) is 3.08. The number of benzene rings is 1. The van der Waals surface area contributed by atoms with Crippen LogP contribution in [0.15, 0.2) is 41.4 Å². The van der Waals surface area contributed by atoms with Crippen LogP contribution in [0.5, 0.6) is 0 Å². The van der Waals surface area contributed by atoms with Crippen molar-refractivity contribution in [2.24, 2.45) is 0 Å². The van der Waals surface area contributed by atoms with Crippen molar-refractivity contribution in [3.63, 3.8) is 0 Å². The number of hydrogen-bond donors (Lipinski definition) is 2. The van der Waals surface area contributed by atoms with Crippen LogP contribution in [0.2, 0.25) is 0 Å². The summed E-state index contributed by atoms with van der Waals surface area (Å²) in [4.78, 5) is 18.0. The number of rotatable bonds is 6. The average molecular weight is 388 g/mol. The minimum Gasteiger partial charge on any atom is -0.357 e. The standard InChI is InChI=1S/C19H24N4O3S/c1-14-5-7-17(22-15(2)24)11-18(14)27(25,26)21-13-16-6-8-19(20-12-16)23-9-3-4-10-23/h5-8,11-12,21H,3-4,9-10,13H2,1-2H3,(H,22,24). The van der Waals surface area contributed by atoms with Crippen molar-refractivity contribution < 1.29 is 13.2 Å². The number of pyridine rings is 1. The number of hydrogen-bond acceptors (Lipinski definition) is 5. The van der Waals surface area contributed by atoms with E-state index in [-0.39, 0.29) is 17.3 Å². The molecule has 1 amide bonds. The van der Waals surface area contributed by atoms with Gasteiger partial charge in [0.05, 0.1) is 4.90 Å². The Hall–Kier alpha value is -2.45. The Morgan fingerprint density at radius 1 is 1.19 bits per heavy atom. The summed E-state index contributed by atoms with van der Waals surface area (Å²) in [6.07, 6.45) is 4.07. The van der Waals surface area contributed by atoms with E-state index < -0.39 is 10.0 Å². The Morgan fingerprint density at radius 3 is 2.56 bits per heavy atom. The molecule has 8 heteroatoms. The summed E-state index contributed by atoms with van der Waals surface area (Å²) in [7, 11) is -3.71. The fraction of sp³-hybridized carbons (Fsp3) is 0.368. The van der Waals surface area contributed by atoms with E-state index in [1.807, 2.05) is 12.1 Å². The van der Waals surface area contributed by atoms with Crippen molar-refractivity contribution in [2.75, 3.05) is 23.3 Å². The van der Waals surface area contributed by atoms with Crippen LogP contribution in [-0.4, -0.2) is 32.4 Å². The molecule has 1 aromatic heterocycles. The van der Waals surface area contributed by atoms with Crippen molar-refractivity contribution in [2.45, 2.75) is 38.1 Å². The van der Waals surface area contributed by atoms with Crippen molar-refractivity contribution in [3.05, 3.63) is 47.7 Å². The minimum atomic E-state index is -3.71. The number of amides is 1. The Labute approximate surface area is 159 Å². The van der Waals surface area contributed by atoms with Crippen molar-refractivity contribution >= 4 is 27.4 Å². The molecule has 2 aromatic rings. The smallest absolute Gasteiger partial charge is 0.241 e. The highest BCUT2D eigenvalue weighted by atomic mass is 32.2. The second kappa shape index (κ2) is 8.06. The maximum absolute atomic E-state index is 12.7. The first kappa shape index (κ1) is 19.3. The van der Waals surface area contributed by atoms with E-state index in [9.17, 15) is 13.2 Å². The van der Waals surface area contributed by atoms with Gasteiger partial charge in [-0.15, -0.1) is 0 Å². The van der Waals surface area contributed by atoms with Gasteiger partial charge in [-0.3, -0.25) is 4.79 Å². The number of aromatic nitrogens is 1. The van der Waals surface area contributed by atoms with Gasteiger partial charge in [0.15, 0.2) is 0 Å². The molecule has 0 spiro atoms. The number of anilines is 2. The minimum absolute atomic E-state index is 0.149. The second-order valence-corrected chi connectivity index (χ2v) is 8.44. The molecule has 0 unspecified atom stereocenters. The molecule has 0 saturated carbocycles. The van der Waals surface area contributed by atoms with E-state index in [1.165, 1.54) is 25.8 Å². The summed E-state index contributed by atoms with van der Waals surface area (Å²) >= 11 is 0. The van der Waals surface area contributed by atoms with E-state index in [1.54, 1.807) is 25.3 Å². The predicted molar refractivity (Wildman–Crippen MR) is 105 cm³/mol. The van der Waals surface area contributed by atoms with Gasteiger partial charge in [0, 0.05) is 38.4 Å². The molecule has 3 rings (SSSR count). The van der Waals surface area contributed by atoms with Gasteiger partial charge in [-0.05, 0) is 49.1 Å². The molecular weight excluding hydrogens is 364 g/mol. The van der Waals surface area contributed by atoms with Crippen molar-refractivity contribution in [1.82, 2.24) is 9.71 Å². The van der Waals surface area contributed by atoms with Gasteiger partial charge in [-0.1, -0.05) is 12.1 Å². The summed E-state index contributed by atoms with van der Waals surface area (Å²) in [5, 5.41) is 2.61. The van der Waals surface area contributed by atoms with Crippen molar-refractivity contribution in [3.8, 4) is 0 Å². The maximum Gasteiger partial charge on any atom is 0.241 e. The van der Waals surface area contributed by atoms with E-state index in [2.05, 4.69) is 19.9 Å². The summed E-state index contributed by atoms with van der Waals surface area (Å²) in [6, 6.07) is 8.64. The Balaban J connectivity index is 1.70. The second-order valence-electron chi connectivity index (χ2n) is 6.70. The van der Waals surface area contributed by atoms with Crippen LogP contribution in [0.25, 0.3) is 0 Å². The first-order chi connectivity index (χ1) is 12.8. The number of sulfonamides is 1. The number of aryl methyl sites for hydroxylation is 1. The molecule has 1 aromatic carbocycles. The van der Waals surface area contributed by atoms with Gasteiger partial charge in [0.25, 0.3) is 0 Å². The molecule has 2 N–H and O–H groups in total. The van der Waals surface area contributed by atoms with E-state index >= 15 is 0 Å². The normalized spacial score (nSPS) is 14.4. The topological polar surface area (TPSA) is 91.4 Å². The number of nitrogens with one attached hydrogen (secondary N) is 2. The van der Waals surface area contributed by atoms with Crippen LogP contribution in [0.3, 0.4) is 0 Å². The van der Waals surface area contributed by atoms with Gasteiger partial charge in [0.1, 0.15) is 5.82 Å². The molecule has 1 saturated heterocycles. The third-order valence-electron chi connectivity index (χ3n) is 4.50. The fourth-order valence-corrected chi connectivity index (χ4v) is 4.37. The Morgan fingerprint density at radius 2 is 1.93 bits per heavy atom. The first-order valence-electron chi connectivity index (χ1n) is 8.93. The lowest BCUT2D eigenvalue weighted by Crippen LogP contribution is -2.24. The maximum atomic E-state index is 12.7. The molecule has 2 heterocycles. The molecule has 1 aliphatic heterocycles. The van der Waals surface area contributed by atoms with Crippen LogP contribution >= 0.6 is 0 Å². The number of nitrogens with zero attached hydrogens (tertiary/aromatic N) is 2. The van der Waals surface area contributed by atoms with Gasteiger partial charge < -0.3 is 10.2 Å². The largest absolute Gasteiger partial charge is 0.357 e. The molecule has 27 heavy (non-hydrogen) atoms. The summed E-state index contributed by atoms with van der Waals surface area (Å²) in [6.45, 7) is 5.29. The predicted octanol–water partition coefficient (Wildman–Crippen LogP) is 2.43. The molecule has 0 radical (unpaired) electrons. The Bertz CT molecular complexity index is 920. The third-order valence-corrected chi connectivity index (χ3v) is 6.05. The molecule has 1 aliphatic rings. The number of carbonyl (C=O) groups excluding carboxylic acids is 1. The van der Waals surface area contributed by atoms with Gasteiger partial charge in [-0.2, -0.15) is 0 Å². The highest BCUT2D eigenvalue weighted by Crippen LogP contribution is 2.21. The zero-order chi connectivity index (χ0) is 19.4. The van der Waals surface area contributed by atoms with Gasteiger partial charge in [0.2, 0.25) is 15.9 Å². The summed E-state index contributed by atoms with van der Waals surface area (Å²) in [5.74, 6) is 0.678. The highest BCUT2D eigenvalue weighted by Gasteiger charge is 2.18. The van der Waals surface area contributed by atoms with Gasteiger partial charge in [-0.25, -0.2) is 18.1 Å². The van der Waals surface area contributed by atoms with Crippen LogP contribution in [0, 0.1) is 6.92 Å². The van der Waals surface area contributed by atoms with Crippen LogP contribution < -0.4 is 14.9 Å².